The molecule has 0 unspecified atom stereocenters. The first kappa shape index (κ1) is 9.19. The van der Waals surface area contributed by atoms with E-state index in [1.807, 2.05) is 0 Å². The third kappa shape index (κ3) is 2.30. The van der Waals surface area contributed by atoms with Crippen LogP contribution in [-0.2, 0) is 6.42 Å². The van der Waals surface area contributed by atoms with Gasteiger partial charge in [0, 0.05) is 5.88 Å². The molecule has 0 aliphatic heterocycles. The summed E-state index contributed by atoms with van der Waals surface area (Å²) in [6.45, 7) is 0. The number of hydrogen-bond acceptors (Lipinski definition) is 2. The van der Waals surface area contributed by atoms with E-state index in [4.69, 9.17) is 16.7 Å². The van der Waals surface area contributed by atoms with Gasteiger partial charge < -0.3 is 10.1 Å². The van der Waals surface area contributed by atoms with Crippen LogP contribution in [0.2, 0.25) is 0 Å². The Balaban J connectivity index is 2.51. The SMILES string of the molecule is O=c1[nH]c(O)c(CCCCCl)[nH]1. The van der Waals surface area contributed by atoms with Crippen LogP contribution in [-0.4, -0.2) is 21.0 Å². The van der Waals surface area contributed by atoms with E-state index in [2.05, 4.69) is 9.97 Å². The van der Waals surface area contributed by atoms with Gasteiger partial charge in [-0.05, 0) is 19.3 Å². The van der Waals surface area contributed by atoms with Gasteiger partial charge in [-0.25, -0.2) is 4.79 Å². The van der Waals surface area contributed by atoms with Crippen molar-refractivity contribution in [3.63, 3.8) is 0 Å². The molecule has 0 saturated carbocycles. The van der Waals surface area contributed by atoms with Crippen LogP contribution in [0.3, 0.4) is 0 Å². The Morgan fingerprint density at radius 3 is 2.58 bits per heavy atom. The van der Waals surface area contributed by atoms with Crippen LogP contribution in [0.5, 0.6) is 5.88 Å². The number of aromatic hydroxyl groups is 1. The van der Waals surface area contributed by atoms with Gasteiger partial charge in [-0.1, -0.05) is 0 Å². The topological polar surface area (TPSA) is 68.9 Å². The van der Waals surface area contributed by atoms with Crippen LogP contribution in [0.15, 0.2) is 4.79 Å². The third-order valence-electron chi connectivity index (χ3n) is 1.59. The van der Waals surface area contributed by atoms with E-state index in [1.54, 1.807) is 0 Å². The van der Waals surface area contributed by atoms with Crippen LogP contribution in [0.1, 0.15) is 18.5 Å². The zero-order valence-corrected chi connectivity index (χ0v) is 7.32. The Labute approximate surface area is 74.6 Å². The molecule has 5 heteroatoms. The Hall–Kier alpha value is -0.900. The highest BCUT2D eigenvalue weighted by Crippen LogP contribution is 2.10. The molecule has 3 N–H and O–H groups in total. The summed E-state index contributed by atoms with van der Waals surface area (Å²) >= 11 is 5.47. The predicted molar refractivity (Wildman–Crippen MR) is 46.7 cm³/mol. The Bertz CT molecular complexity index is 292. The quantitative estimate of drug-likeness (QED) is 0.489. The molecule has 1 rings (SSSR count). The first-order valence-corrected chi connectivity index (χ1v) is 4.33. The van der Waals surface area contributed by atoms with E-state index in [1.165, 1.54) is 0 Å². The summed E-state index contributed by atoms with van der Waals surface area (Å²) in [6.07, 6.45) is 2.40. The van der Waals surface area contributed by atoms with Crippen molar-refractivity contribution in [3.05, 3.63) is 16.2 Å². The summed E-state index contributed by atoms with van der Waals surface area (Å²) < 4.78 is 0. The first-order chi connectivity index (χ1) is 5.74. The van der Waals surface area contributed by atoms with E-state index in [0.29, 0.717) is 18.0 Å². The highest BCUT2D eigenvalue weighted by molar-refractivity contribution is 6.17. The Morgan fingerprint density at radius 2 is 2.08 bits per heavy atom. The fourth-order valence-electron chi connectivity index (χ4n) is 0.988. The monoisotopic (exact) mass is 190 g/mol. The van der Waals surface area contributed by atoms with Gasteiger partial charge in [0.2, 0.25) is 5.88 Å². The maximum Gasteiger partial charge on any atom is 0.325 e. The number of unbranched alkanes of at least 4 members (excludes halogenated alkanes) is 1. The van der Waals surface area contributed by atoms with Crippen molar-refractivity contribution >= 4 is 11.6 Å². The third-order valence-corrected chi connectivity index (χ3v) is 1.86. The molecule has 0 spiro atoms. The van der Waals surface area contributed by atoms with E-state index < -0.39 is 0 Å². The fourth-order valence-corrected chi connectivity index (χ4v) is 1.18. The molecular formula is C7H11ClN2O2. The molecular weight excluding hydrogens is 180 g/mol. The second-order valence-electron chi connectivity index (χ2n) is 2.55. The summed E-state index contributed by atoms with van der Waals surface area (Å²) in [7, 11) is 0. The van der Waals surface area contributed by atoms with Crippen molar-refractivity contribution in [2.75, 3.05) is 5.88 Å². The van der Waals surface area contributed by atoms with Gasteiger partial charge in [-0.3, -0.25) is 4.98 Å². The van der Waals surface area contributed by atoms with Gasteiger partial charge in [0.15, 0.2) is 0 Å². The summed E-state index contributed by atoms with van der Waals surface area (Å²) in [6, 6.07) is 0. The zero-order valence-electron chi connectivity index (χ0n) is 6.56. The number of hydrogen-bond donors (Lipinski definition) is 3. The fraction of sp³-hybridized carbons (Fsp3) is 0.571. The molecule has 0 radical (unpaired) electrons. The molecule has 0 aromatic carbocycles. The van der Waals surface area contributed by atoms with Gasteiger partial charge >= 0.3 is 5.69 Å². The smallest absolute Gasteiger partial charge is 0.325 e. The molecule has 0 aliphatic rings. The van der Waals surface area contributed by atoms with Crippen molar-refractivity contribution < 1.29 is 5.11 Å². The van der Waals surface area contributed by atoms with Crippen LogP contribution in [0.4, 0.5) is 0 Å². The molecule has 12 heavy (non-hydrogen) atoms. The summed E-state index contributed by atoms with van der Waals surface area (Å²) in [5.74, 6) is 0.546. The number of imidazole rings is 1. The number of aromatic amines is 2. The van der Waals surface area contributed by atoms with E-state index in [-0.39, 0.29) is 11.6 Å². The normalized spacial score (nSPS) is 10.4. The number of nitrogens with one attached hydrogen (secondary N) is 2. The lowest BCUT2D eigenvalue weighted by molar-refractivity contribution is 0.447. The average Bonchev–Trinajstić information content (AvgIpc) is 2.31. The molecule has 0 aliphatic carbocycles. The number of aryl methyl sites for hydroxylation is 1. The minimum absolute atomic E-state index is 0.0606. The van der Waals surface area contributed by atoms with E-state index in [9.17, 15) is 4.79 Å². The summed E-state index contributed by atoms with van der Waals surface area (Å²) in [5, 5.41) is 9.11. The molecule has 4 nitrogen and oxygen atoms in total. The standard InChI is InChI=1S/C7H11ClN2O2/c8-4-2-1-3-5-6(11)10-7(12)9-5/h11H,1-4H2,(H2,9,10,12). The van der Waals surface area contributed by atoms with Crippen molar-refractivity contribution in [1.82, 2.24) is 9.97 Å². The van der Waals surface area contributed by atoms with Gasteiger partial charge in [-0.15, -0.1) is 11.6 Å². The molecule has 0 atom stereocenters. The lowest BCUT2D eigenvalue weighted by Gasteiger charge is -1.95. The number of rotatable bonds is 4. The summed E-state index contributed by atoms with van der Waals surface area (Å²) in [5.41, 5.74) is 0.193. The molecule has 0 saturated heterocycles. The molecule has 68 valence electrons. The predicted octanol–water partition coefficient (Wildman–Crippen LogP) is 0.970. The molecule has 0 amide bonds. The van der Waals surface area contributed by atoms with Crippen molar-refractivity contribution in [2.24, 2.45) is 0 Å². The lowest BCUT2D eigenvalue weighted by atomic mass is 10.2. The maximum atomic E-state index is 10.6. The van der Waals surface area contributed by atoms with Crippen LogP contribution in [0.25, 0.3) is 0 Å². The van der Waals surface area contributed by atoms with Gasteiger partial charge in [0.05, 0.1) is 5.69 Å². The minimum atomic E-state index is -0.367. The number of alkyl halides is 1. The molecule has 0 fully saturated rings. The number of aromatic nitrogens is 2. The van der Waals surface area contributed by atoms with Gasteiger partial charge in [0.1, 0.15) is 0 Å². The van der Waals surface area contributed by atoms with Crippen molar-refractivity contribution in [3.8, 4) is 5.88 Å². The Morgan fingerprint density at radius 1 is 1.33 bits per heavy atom. The Kier molecular flexibility index (Phi) is 3.22. The van der Waals surface area contributed by atoms with Crippen LogP contribution >= 0.6 is 11.6 Å². The van der Waals surface area contributed by atoms with Crippen molar-refractivity contribution in [2.45, 2.75) is 19.3 Å². The second kappa shape index (κ2) is 4.21. The average molecular weight is 191 g/mol. The molecule has 1 aromatic heterocycles. The van der Waals surface area contributed by atoms with Crippen molar-refractivity contribution in [1.29, 1.82) is 0 Å². The van der Waals surface area contributed by atoms with Crippen LogP contribution < -0.4 is 5.69 Å². The highest BCUT2D eigenvalue weighted by atomic mass is 35.5. The minimum Gasteiger partial charge on any atom is -0.493 e. The van der Waals surface area contributed by atoms with Gasteiger partial charge in [0.25, 0.3) is 0 Å². The maximum absolute atomic E-state index is 10.6. The van der Waals surface area contributed by atoms with Crippen LogP contribution in [0, 0.1) is 0 Å². The zero-order chi connectivity index (χ0) is 8.97. The largest absolute Gasteiger partial charge is 0.493 e. The first-order valence-electron chi connectivity index (χ1n) is 3.80. The second-order valence-corrected chi connectivity index (χ2v) is 2.93. The summed E-state index contributed by atoms with van der Waals surface area (Å²) in [4.78, 5) is 15.4. The van der Waals surface area contributed by atoms with E-state index in [0.717, 1.165) is 12.8 Å². The van der Waals surface area contributed by atoms with E-state index >= 15 is 0 Å². The highest BCUT2D eigenvalue weighted by Gasteiger charge is 2.03. The lowest BCUT2D eigenvalue weighted by Crippen LogP contribution is -2.01. The number of halogens is 1. The molecule has 0 bridgehead atoms. The number of H-pyrrole nitrogens is 2. The molecule has 1 heterocycles. The van der Waals surface area contributed by atoms with Gasteiger partial charge in [-0.2, -0.15) is 0 Å². The molecule has 1 aromatic rings.